The molecule has 2 aliphatic rings. The number of carbonyl (C=O) groups is 2. The van der Waals surface area contributed by atoms with E-state index in [1.54, 1.807) is 35.2 Å². The first-order chi connectivity index (χ1) is 14.5. The van der Waals surface area contributed by atoms with Crippen molar-refractivity contribution in [3.05, 3.63) is 63.2 Å². The number of anilines is 2. The zero-order valence-corrected chi connectivity index (χ0v) is 16.8. The molecule has 0 spiro atoms. The lowest BCUT2D eigenvalue weighted by Crippen LogP contribution is -2.36. The Morgan fingerprint density at radius 1 is 1.03 bits per heavy atom. The third-order valence-corrected chi connectivity index (χ3v) is 5.77. The van der Waals surface area contributed by atoms with Gasteiger partial charge < -0.3 is 14.5 Å². The monoisotopic (exact) mass is 409 g/mol. The van der Waals surface area contributed by atoms with Crippen molar-refractivity contribution in [2.75, 3.05) is 36.5 Å². The van der Waals surface area contributed by atoms with Crippen molar-refractivity contribution in [3.8, 4) is 0 Å². The molecule has 2 aromatic rings. The maximum Gasteiger partial charge on any atom is 0.338 e. The zero-order valence-electron chi connectivity index (χ0n) is 16.8. The van der Waals surface area contributed by atoms with Gasteiger partial charge in [0.1, 0.15) is 5.69 Å². The zero-order chi connectivity index (χ0) is 21.3. The minimum atomic E-state index is -0.438. The molecule has 0 aromatic heterocycles. The number of hydrogen-bond donors (Lipinski definition) is 0. The lowest BCUT2D eigenvalue weighted by molar-refractivity contribution is -0.384. The molecular weight excluding hydrogens is 386 g/mol. The Morgan fingerprint density at radius 2 is 1.80 bits per heavy atom. The second-order valence-electron chi connectivity index (χ2n) is 7.51. The molecular formula is C22H23N3O5. The molecule has 0 aliphatic carbocycles. The van der Waals surface area contributed by atoms with Gasteiger partial charge in [0.2, 0.25) is 0 Å². The predicted molar refractivity (Wildman–Crippen MR) is 112 cm³/mol. The summed E-state index contributed by atoms with van der Waals surface area (Å²) < 4.78 is 4.86. The number of nitro benzene ring substituents is 1. The molecule has 0 saturated carbocycles. The molecule has 2 aliphatic heterocycles. The van der Waals surface area contributed by atoms with E-state index in [1.807, 2.05) is 4.90 Å². The van der Waals surface area contributed by atoms with E-state index >= 15 is 0 Å². The van der Waals surface area contributed by atoms with Crippen LogP contribution in [0.2, 0.25) is 0 Å². The van der Waals surface area contributed by atoms with Crippen LogP contribution >= 0.6 is 0 Å². The number of rotatable bonds is 4. The molecule has 0 atom stereocenters. The van der Waals surface area contributed by atoms with Crippen LogP contribution in [0.5, 0.6) is 0 Å². The average molecular weight is 409 g/mol. The number of nitrogens with zero attached hydrogens (tertiary/aromatic N) is 3. The highest BCUT2D eigenvalue weighted by atomic mass is 16.6. The van der Waals surface area contributed by atoms with E-state index in [4.69, 9.17) is 4.74 Å². The Labute approximate surface area is 174 Å². The van der Waals surface area contributed by atoms with E-state index < -0.39 is 10.9 Å². The Morgan fingerprint density at radius 3 is 2.50 bits per heavy atom. The summed E-state index contributed by atoms with van der Waals surface area (Å²) in [5, 5.41) is 11.7. The summed E-state index contributed by atoms with van der Waals surface area (Å²) >= 11 is 0. The van der Waals surface area contributed by atoms with Gasteiger partial charge in [-0.3, -0.25) is 14.9 Å². The van der Waals surface area contributed by atoms with Gasteiger partial charge in [0, 0.05) is 37.0 Å². The molecule has 1 amide bonds. The van der Waals surface area contributed by atoms with Gasteiger partial charge in [-0.05, 0) is 55.5 Å². The largest absolute Gasteiger partial charge is 0.465 e. The number of benzene rings is 2. The summed E-state index contributed by atoms with van der Waals surface area (Å²) in [5.74, 6) is -0.749. The first-order valence-electron chi connectivity index (χ1n) is 10.1. The molecule has 8 nitrogen and oxygen atoms in total. The maximum absolute atomic E-state index is 13.3. The highest BCUT2D eigenvalue weighted by Gasteiger charge is 2.29. The van der Waals surface area contributed by atoms with Crippen LogP contribution in [0.25, 0.3) is 0 Å². The van der Waals surface area contributed by atoms with Crippen LogP contribution < -0.4 is 9.80 Å². The van der Waals surface area contributed by atoms with Crippen molar-refractivity contribution in [2.45, 2.75) is 25.7 Å². The van der Waals surface area contributed by atoms with Gasteiger partial charge in [0.05, 0.1) is 17.6 Å². The third kappa shape index (κ3) is 3.49. The van der Waals surface area contributed by atoms with Crippen molar-refractivity contribution >= 4 is 28.9 Å². The topological polar surface area (TPSA) is 93.0 Å². The summed E-state index contributed by atoms with van der Waals surface area (Å²) in [6.07, 6.45) is 3.37. The average Bonchev–Trinajstić information content (AvgIpc) is 3.31. The van der Waals surface area contributed by atoms with E-state index in [2.05, 4.69) is 0 Å². The number of fused-ring (bicyclic) bond motifs is 1. The normalized spacial score (nSPS) is 15.6. The smallest absolute Gasteiger partial charge is 0.338 e. The fraction of sp³-hybridized carbons (Fsp3) is 0.364. The molecule has 156 valence electrons. The van der Waals surface area contributed by atoms with Gasteiger partial charge >= 0.3 is 5.97 Å². The number of ether oxygens (including phenoxy) is 1. The highest BCUT2D eigenvalue weighted by Crippen LogP contribution is 2.35. The lowest BCUT2D eigenvalue weighted by Gasteiger charge is -2.30. The lowest BCUT2D eigenvalue weighted by atomic mass is 9.95. The van der Waals surface area contributed by atoms with Crippen LogP contribution in [0.15, 0.2) is 36.4 Å². The number of hydrogen-bond acceptors (Lipinski definition) is 6. The minimum absolute atomic E-state index is 0.0525. The Hall–Kier alpha value is -3.42. The molecule has 2 heterocycles. The summed E-state index contributed by atoms with van der Waals surface area (Å²) in [6, 6.07) is 9.90. The van der Waals surface area contributed by atoms with Crippen molar-refractivity contribution < 1.29 is 19.2 Å². The van der Waals surface area contributed by atoms with Gasteiger partial charge in [0.25, 0.3) is 11.6 Å². The third-order valence-electron chi connectivity index (χ3n) is 5.77. The van der Waals surface area contributed by atoms with Crippen molar-refractivity contribution in [2.24, 2.45) is 0 Å². The Bertz CT molecular complexity index is 1010. The molecule has 1 saturated heterocycles. The fourth-order valence-corrected chi connectivity index (χ4v) is 4.32. The molecule has 2 aromatic carbocycles. The molecule has 30 heavy (non-hydrogen) atoms. The van der Waals surface area contributed by atoms with Gasteiger partial charge in [0.15, 0.2) is 0 Å². The Balaban J connectivity index is 1.70. The number of nitro groups is 1. The number of carbonyl (C=O) groups excluding carboxylic acids is 2. The summed E-state index contributed by atoms with van der Waals surface area (Å²) in [6.45, 7) is 2.05. The Kier molecular flexibility index (Phi) is 5.39. The SMILES string of the molecule is COC(=O)c1cccc2c1CCCN2C(=O)c1ccc(N2CCCC2)c([N+](=O)[O-])c1. The highest BCUT2D eigenvalue weighted by molar-refractivity contribution is 6.08. The first kappa shape index (κ1) is 19.9. The summed E-state index contributed by atoms with van der Waals surface area (Å²) in [7, 11) is 1.33. The van der Waals surface area contributed by atoms with Crippen LogP contribution in [-0.4, -0.2) is 43.5 Å². The van der Waals surface area contributed by atoms with E-state index in [-0.39, 0.29) is 17.2 Å². The molecule has 0 unspecified atom stereocenters. The van der Waals surface area contributed by atoms with Crippen molar-refractivity contribution in [3.63, 3.8) is 0 Å². The summed E-state index contributed by atoms with van der Waals surface area (Å²) in [5.41, 5.74) is 2.64. The minimum Gasteiger partial charge on any atom is -0.465 e. The fourth-order valence-electron chi connectivity index (χ4n) is 4.32. The summed E-state index contributed by atoms with van der Waals surface area (Å²) in [4.78, 5) is 40.2. The van der Waals surface area contributed by atoms with E-state index in [0.29, 0.717) is 36.3 Å². The van der Waals surface area contributed by atoms with Crippen molar-refractivity contribution in [1.82, 2.24) is 0 Å². The van der Waals surface area contributed by atoms with Gasteiger partial charge in [-0.2, -0.15) is 0 Å². The number of amides is 1. The molecule has 0 bridgehead atoms. The standard InChI is InChI=1S/C22H23N3O5/c1-30-22(27)17-6-4-8-18-16(17)7-5-13-24(18)21(26)15-9-10-19(20(14-15)25(28)29)23-11-2-3-12-23/h4,6,8-10,14H,2-3,5,7,11-13H2,1H3. The van der Waals surface area contributed by atoms with Crippen LogP contribution in [0, 0.1) is 10.1 Å². The van der Waals surface area contributed by atoms with Gasteiger partial charge in [-0.15, -0.1) is 0 Å². The van der Waals surface area contributed by atoms with Crippen LogP contribution in [0.1, 0.15) is 45.5 Å². The molecule has 0 radical (unpaired) electrons. The maximum atomic E-state index is 13.3. The molecule has 8 heteroatoms. The second-order valence-corrected chi connectivity index (χ2v) is 7.51. The predicted octanol–water partition coefficient (Wildman–Crippen LogP) is 3.57. The number of esters is 1. The molecule has 0 N–H and O–H groups in total. The van der Waals surface area contributed by atoms with E-state index in [1.165, 1.54) is 13.2 Å². The van der Waals surface area contributed by atoms with Gasteiger partial charge in [-0.1, -0.05) is 6.07 Å². The van der Waals surface area contributed by atoms with Crippen LogP contribution in [0.3, 0.4) is 0 Å². The van der Waals surface area contributed by atoms with E-state index in [0.717, 1.165) is 31.5 Å². The first-order valence-corrected chi connectivity index (χ1v) is 10.1. The van der Waals surface area contributed by atoms with Gasteiger partial charge in [-0.25, -0.2) is 4.79 Å². The molecule has 4 rings (SSSR count). The molecule has 1 fully saturated rings. The van der Waals surface area contributed by atoms with E-state index in [9.17, 15) is 19.7 Å². The van der Waals surface area contributed by atoms with Crippen LogP contribution in [-0.2, 0) is 11.2 Å². The van der Waals surface area contributed by atoms with Crippen LogP contribution in [0.4, 0.5) is 17.1 Å². The quantitative estimate of drug-likeness (QED) is 0.435. The second kappa shape index (κ2) is 8.14. The van der Waals surface area contributed by atoms with Crippen molar-refractivity contribution in [1.29, 1.82) is 0 Å². The number of methoxy groups -OCH3 is 1.